The Balaban J connectivity index is 2.65. The molecule has 16 heavy (non-hydrogen) atoms. The highest BCUT2D eigenvalue weighted by Crippen LogP contribution is 2.22. The number of nitrogens with one attached hydrogen (secondary N) is 1. The van der Waals surface area contributed by atoms with Crippen LogP contribution >= 0.6 is 0 Å². The Morgan fingerprint density at radius 3 is 2.19 bits per heavy atom. The summed E-state index contributed by atoms with van der Waals surface area (Å²) in [6.07, 6.45) is -5.58. The van der Waals surface area contributed by atoms with Gasteiger partial charge in [-0.1, -0.05) is 0 Å². The molecule has 0 aliphatic rings. The van der Waals surface area contributed by atoms with Crippen molar-refractivity contribution in [3.63, 3.8) is 0 Å². The summed E-state index contributed by atoms with van der Waals surface area (Å²) in [5.74, 6) is -4.63. The lowest BCUT2D eigenvalue weighted by atomic mass is 10.2. The number of halogens is 6. The second-order valence-corrected chi connectivity index (χ2v) is 3.01. The summed E-state index contributed by atoms with van der Waals surface area (Å²) < 4.78 is 73.2. The van der Waals surface area contributed by atoms with Gasteiger partial charge in [-0.25, -0.2) is 13.2 Å². The van der Waals surface area contributed by atoms with Crippen molar-refractivity contribution in [1.29, 1.82) is 0 Å². The van der Waals surface area contributed by atoms with Crippen LogP contribution in [0, 0.1) is 17.5 Å². The van der Waals surface area contributed by atoms with E-state index in [4.69, 9.17) is 0 Å². The van der Waals surface area contributed by atoms with Crippen LogP contribution in [0.4, 0.5) is 32.0 Å². The van der Waals surface area contributed by atoms with Gasteiger partial charge >= 0.3 is 6.18 Å². The molecular weight excluding hydrogens is 236 g/mol. The standard InChI is InChI=1S/C9H7F6N/c10-5-1-2-6(8(12)7(5)11)16-4-3-9(13,14)15/h1-2,16H,3-4H2. The third-order valence-electron chi connectivity index (χ3n) is 1.76. The summed E-state index contributed by atoms with van der Waals surface area (Å²) in [6, 6.07) is 1.47. The van der Waals surface area contributed by atoms with Crippen LogP contribution in [0.15, 0.2) is 12.1 Å². The average molecular weight is 243 g/mol. The number of hydrogen-bond donors (Lipinski definition) is 1. The molecule has 0 amide bonds. The minimum Gasteiger partial charge on any atom is -0.382 e. The highest BCUT2D eigenvalue weighted by molar-refractivity contribution is 5.45. The summed E-state index contributed by atoms with van der Waals surface area (Å²) in [6.45, 7) is -0.606. The lowest BCUT2D eigenvalue weighted by molar-refractivity contribution is -0.131. The van der Waals surface area contributed by atoms with E-state index in [2.05, 4.69) is 0 Å². The van der Waals surface area contributed by atoms with Crippen LogP contribution < -0.4 is 5.32 Å². The van der Waals surface area contributed by atoms with E-state index in [1.165, 1.54) is 0 Å². The van der Waals surface area contributed by atoms with E-state index in [1.807, 2.05) is 5.32 Å². The molecule has 1 N–H and O–H groups in total. The van der Waals surface area contributed by atoms with Crippen molar-refractivity contribution in [3.05, 3.63) is 29.6 Å². The fourth-order valence-corrected chi connectivity index (χ4v) is 1.00. The summed E-state index contributed by atoms with van der Waals surface area (Å²) in [7, 11) is 0. The van der Waals surface area contributed by atoms with E-state index < -0.39 is 42.3 Å². The molecule has 0 bridgehead atoms. The van der Waals surface area contributed by atoms with E-state index in [0.717, 1.165) is 6.07 Å². The molecule has 0 aliphatic carbocycles. The van der Waals surface area contributed by atoms with E-state index in [1.54, 1.807) is 0 Å². The summed E-state index contributed by atoms with van der Waals surface area (Å²) in [4.78, 5) is 0. The zero-order chi connectivity index (χ0) is 12.3. The van der Waals surface area contributed by atoms with E-state index in [-0.39, 0.29) is 0 Å². The van der Waals surface area contributed by atoms with Gasteiger partial charge in [-0.05, 0) is 12.1 Å². The maximum atomic E-state index is 12.9. The van der Waals surface area contributed by atoms with Crippen LogP contribution in [0.5, 0.6) is 0 Å². The Kier molecular flexibility index (Phi) is 3.66. The summed E-state index contributed by atoms with van der Waals surface area (Å²) in [5.41, 5.74) is -0.497. The van der Waals surface area contributed by atoms with Gasteiger partial charge in [-0.15, -0.1) is 0 Å². The maximum Gasteiger partial charge on any atom is 0.390 e. The maximum absolute atomic E-state index is 12.9. The third-order valence-corrected chi connectivity index (χ3v) is 1.76. The van der Waals surface area contributed by atoms with Crippen molar-refractivity contribution in [1.82, 2.24) is 0 Å². The molecule has 1 nitrogen and oxygen atoms in total. The fourth-order valence-electron chi connectivity index (χ4n) is 1.00. The molecule has 0 radical (unpaired) electrons. The van der Waals surface area contributed by atoms with Crippen LogP contribution in [0.2, 0.25) is 0 Å². The molecule has 0 aliphatic heterocycles. The first-order chi connectivity index (χ1) is 7.31. The molecular formula is C9H7F6N. The van der Waals surface area contributed by atoms with Crippen molar-refractivity contribution in [2.24, 2.45) is 0 Å². The monoisotopic (exact) mass is 243 g/mol. The number of rotatable bonds is 3. The Morgan fingerprint density at radius 1 is 1.00 bits per heavy atom. The molecule has 7 heteroatoms. The number of anilines is 1. The molecule has 0 heterocycles. The normalized spacial score (nSPS) is 11.6. The van der Waals surface area contributed by atoms with E-state index in [9.17, 15) is 26.3 Å². The van der Waals surface area contributed by atoms with Crippen LogP contribution in [0.1, 0.15) is 6.42 Å². The van der Waals surface area contributed by atoms with E-state index in [0.29, 0.717) is 6.07 Å². The van der Waals surface area contributed by atoms with Crippen molar-refractivity contribution in [2.45, 2.75) is 12.6 Å². The van der Waals surface area contributed by atoms with Crippen molar-refractivity contribution in [2.75, 3.05) is 11.9 Å². The number of alkyl halides is 3. The van der Waals surface area contributed by atoms with Gasteiger partial charge in [0.1, 0.15) is 0 Å². The lowest BCUT2D eigenvalue weighted by Crippen LogP contribution is -2.15. The highest BCUT2D eigenvalue weighted by atomic mass is 19.4. The molecule has 0 saturated heterocycles. The molecule has 1 aromatic rings. The zero-order valence-corrected chi connectivity index (χ0v) is 7.84. The second kappa shape index (κ2) is 4.63. The first-order valence-corrected chi connectivity index (χ1v) is 4.25. The van der Waals surface area contributed by atoms with Gasteiger partial charge < -0.3 is 5.32 Å². The second-order valence-electron chi connectivity index (χ2n) is 3.01. The molecule has 0 atom stereocenters. The van der Waals surface area contributed by atoms with Gasteiger partial charge in [0, 0.05) is 6.54 Å². The van der Waals surface area contributed by atoms with Gasteiger partial charge in [0.25, 0.3) is 0 Å². The molecule has 0 unspecified atom stereocenters. The van der Waals surface area contributed by atoms with Gasteiger partial charge in [-0.3, -0.25) is 0 Å². The molecule has 0 aromatic heterocycles. The molecule has 1 rings (SSSR count). The van der Waals surface area contributed by atoms with Crippen LogP contribution in [-0.2, 0) is 0 Å². The smallest absolute Gasteiger partial charge is 0.382 e. The Bertz CT molecular complexity index is 373. The third kappa shape index (κ3) is 3.32. The predicted molar refractivity (Wildman–Crippen MR) is 45.5 cm³/mol. The quantitative estimate of drug-likeness (QED) is 0.633. The molecule has 0 saturated carbocycles. The Hall–Kier alpha value is -1.40. The topological polar surface area (TPSA) is 12.0 Å². The molecule has 0 fully saturated rings. The molecule has 90 valence electrons. The SMILES string of the molecule is Fc1ccc(NCCC(F)(F)F)c(F)c1F. The van der Waals surface area contributed by atoms with Gasteiger partial charge in [0.15, 0.2) is 17.5 Å². The molecule has 0 spiro atoms. The minimum atomic E-state index is -4.39. The van der Waals surface area contributed by atoms with Crippen LogP contribution in [0.3, 0.4) is 0 Å². The first-order valence-electron chi connectivity index (χ1n) is 4.25. The minimum absolute atomic E-state index is 0.497. The Morgan fingerprint density at radius 2 is 1.62 bits per heavy atom. The summed E-state index contributed by atoms with van der Waals surface area (Å²) in [5, 5.41) is 2.04. The van der Waals surface area contributed by atoms with Crippen molar-refractivity contribution in [3.8, 4) is 0 Å². The zero-order valence-electron chi connectivity index (χ0n) is 7.84. The summed E-state index contributed by atoms with van der Waals surface area (Å²) >= 11 is 0. The Labute approximate surface area is 87.1 Å². The van der Waals surface area contributed by atoms with Crippen LogP contribution in [-0.4, -0.2) is 12.7 Å². The van der Waals surface area contributed by atoms with Gasteiger partial charge in [0.05, 0.1) is 12.1 Å². The largest absolute Gasteiger partial charge is 0.390 e. The fraction of sp³-hybridized carbons (Fsp3) is 0.333. The van der Waals surface area contributed by atoms with Gasteiger partial charge in [0.2, 0.25) is 0 Å². The van der Waals surface area contributed by atoms with Crippen molar-refractivity contribution < 1.29 is 26.3 Å². The number of hydrogen-bond acceptors (Lipinski definition) is 1. The molecule has 1 aromatic carbocycles. The van der Waals surface area contributed by atoms with Crippen LogP contribution in [0.25, 0.3) is 0 Å². The lowest BCUT2D eigenvalue weighted by Gasteiger charge is -2.10. The predicted octanol–water partition coefficient (Wildman–Crippen LogP) is 3.47. The number of benzene rings is 1. The van der Waals surface area contributed by atoms with Gasteiger partial charge in [-0.2, -0.15) is 13.2 Å². The highest BCUT2D eigenvalue weighted by Gasteiger charge is 2.26. The van der Waals surface area contributed by atoms with Crippen molar-refractivity contribution >= 4 is 5.69 Å². The first kappa shape index (κ1) is 12.7. The average Bonchev–Trinajstić information content (AvgIpc) is 2.16. The van der Waals surface area contributed by atoms with E-state index >= 15 is 0 Å².